The smallest absolute Gasteiger partial charge is 0.512 e. The van der Waals surface area contributed by atoms with E-state index >= 15 is 0 Å². The number of rotatable bonds is 3. The maximum absolute atomic E-state index is 6.25. The Hall–Kier alpha value is -3.79. The molecule has 0 amide bonds. The van der Waals surface area contributed by atoms with Gasteiger partial charge in [0.05, 0.1) is 11.4 Å². The van der Waals surface area contributed by atoms with Gasteiger partial charge in [0.2, 0.25) is 0 Å². The van der Waals surface area contributed by atoms with Gasteiger partial charge in [-0.25, -0.2) is 0 Å². The van der Waals surface area contributed by atoms with E-state index < -0.39 is 0 Å². The van der Waals surface area contributed by atoms with Crippen LogP contribution >= 0.6 is 0 Å². The van der Waals surface area contributed by atoms with E-state index in [9.17, 15) is 0 Å². The average Bonchev–Trinajstić information content (AvgIpc) is 3.59. The number of hydrogen-bond donors (Lipinski definition) is 0. The third-order valence-corrected chi connectivity index (χ3v) is 4.15. The van der Waals surface area contributed by atoms with Crippen molar-refractivity contribution < 1.29 is 20.1 Å². The van der Waals surface area contributed by atoms with Gasteiger partial charge in [0.15, 0.2) is 0 Å². The Morgan fingerprint density at radius 3 is 1.75 bits per heavy atom. The van der Waals surface area contributed by atoms with Crippen molar-refractivity contribution in [3.05, 3.63) is 116 Å². The first-order valence-electron chi connectivity index (χ1n) is 9.46. The molecule has 0 aliphatic heterocycles. The summed E-state index contributed by atoms with van der Waals surface area (Å²) in [6.45, 7) is 8.69. The predicted octanol–water partition coefficient (Wildman–Crippen LogP) is 4.24. The molecule has 5 rings (SSSR count). The van der Waals surface area contributed by atoms with Crippen molar-refractivity contribution in [3.63, 3.8) is 0 Å². The number of aromatic nitrogens is 6. The maximum Gasteiger partial charge on any atom is 3.00 e. The molecule has 0 atom stereocenters. The van der Waals surface area contributed by atoms with Crippen LogP contribution in [0.2, 0.25) is 0 Å². The minimum atomic E-state index is 0. The standard InChI is InChI=1S/C14H13N4.C9H7N2.CN.Ir/c1-11-6-8-17(15-11)13-4-3-5-14(10-13)18-9-7-12(2)16-18;1-2-5-9(6-3-1)11-8-4-7-10-11;1-2;/h3-9H,1-2H3;1-5,7-8H;;/q3*-1;+3. The summed E-state index contributed by atoms with van der Waals surface area (Å²) in [7, 11) is 0. The number of hydrogen-bond acceptors (Lipinski definition) is 4. The molecule has 3 heterocycles. The molecular formula is C24H20IrN7. The third-order valence-electron chi connectivity index (χ3n) is 4.15. The van der Waals surface area contributed by atoms with Crippen molar-refractivity contribution in [1.82, 2.24) is 29.3 Å². The fourth-order valence-electron chi connectivity index (χ4n) is 2.75. The fraction of sp³-hybridized carbons (Fsp3) is 0.0833. The molecule has 0 bridgehead atoms. The summed E-state index contributed by atoms with van der Waals surface area (Å²) in [4.78, 5) is 0. The van der Waals surface area contributed by atoms with Crippen LogP contribution in [0, 0.1) is 37.8 Å². The van der Waals surface area contributed by atoms with Crippen LogP contribution in [0.3, 0.4) is 0 Å². The molecule has 0 spiro atoms. The van der Waals surface area contributed by atoms with Crippen LogP contribution in [-0.4, -0.2) is 29.3 Å². The summed E-state index contributed by atoms with van der Waals surface area (Å²) in [5, 5.41) is 19.1. The molecule has 0 aliphatic carbocycles. The SMILES string of the molecule is Cc1ccn(-c2[c-]c(-n3ccc(C)n3)ccc2)n1.[C-]#N.[Ir+3].[c-]1ccccc1-n1cccn1. The Bertz CT molecular complexity index is 1170. The summed E-state index contributed by atoms with van der Waals surface area (Å²) in [5.74, 6) is 0. The largest absolute Gasteiger partial charge is 3.00 e. The van der Waals surface area contributed by atoms with Crippen molar-refractivity contribution in [2.75, 3.05) is 0 Å². The van der Waals surface area contributed by atoms with Crippen molar-refractivity contribution in [1.29, 1.82) is 5.26 Å². The molecule has 0 N–H and O–H groups in total. The molecule has 2 aromatic carbocycles. The zero-order valence-electron chi connectivity index (χ0n) is 17.5. The van der Waals surface area contributed by atoms with Gasteiger partial charge < -0.3 is 11.8 Å². The quantitative estimate of drug-likeness (QED) is 0.291. The van der Waals surface area contributed by atoms with Crippen LogP contribution in [0.4, 0.5) is 0 Å². The first kappa shape index (κ1) is 24.5. The van der Waals surface area contributed by atoms with Gasteiger partial charge in [0, 0.05) is 24.8 Å². The number of benzene rings is 2. The Morgan fingerprint density at radius 2 is 1.31 bits per heavy atom. The van der Waals surface area contributed by atoms with E-state index in [0.717, 1.165) is 28.5 Å². The molecule has 7 nitrogen and oxygen atoms in total. The van der Waals surface area contributed by atoms with Crippen molar-refractivity contribution >= 4 is 0 Å². The first-order chi connectivity index (χ1) is 15.2. The predicted molar refractivity (Wildman–Crippen MR) is 116 cm³/mol. The second-order valence-corrected chi connectivity index (χ2v) is 6.42. The van der Waals surface area contributed by atoms with Gasteiger partial charge in [-0.2, -0.15) is 45.6 Å². The Morgan fingerprint density at radius 1 is 0.719 bits per heavy atom. The Kier molecular flexibility index (Phi) is 9.30. The molecular weight excluding hydrogens is 579 g/mol. The Labute approximate surface area is 200 Å². The molecule has 160 valence electrons. The Balaban J connectivity index is 0.000000224. The van der Waals surface area contributed by atoms with Crippen molar-refractivity contribution in [3.8, 4) is 17.1 Å². The zero-order chi connectivity index (χ0) is 22.1. The third kappa shape index (κ3) is 6.35. The van der Waals surface area contributed by atoms with Gasteiger partial charge in [-0.1, -0.05) is 0 Å². The average molecular weight is 599 g/mol. The molecule has 0 radical (unpaired) electrons. The van der Waals surface area contributed by atoms with E-state index in [1.54, 1.807) is 10.9 Å². The van der Waals surface area contributed by atoms with E-state index in [-0.39, 0.29) is 20.1 Å². The second kappa shape index (κ2) is 12.2. The normalized spacial score (nSPS) is 9.50. The molecule has 0 aliphatic rings. The van der Waals surface area contributed by atoms with Crippen LogP contribution in [0.15, 0.2) is 85.5 Å². The summed E-state index contributed by atoms with van der Waals surface area (Å²) in [5.41, 5.74) is 4.77. The van der Waals surface area contributed by atoms with E-state index in [2.05, 4.69) is 27.4 Å². The summed E-state index contributed by atoms with van der Waals surface area (Å²) in [6.07, 6.45) is 7.51. The van der Waals surface area contributed by atoms with Crippen LogP contribution in [0.5, 0.6) is 0 Å². The van der Waals surface area contributed by atoms with Gasteiger partial charge in [-0.3, -0.25) is 14.0 Å². The van der Waals surface area contributed by atoms with Crippen LogP contribution in [-0.2, 0) is 20.1 Å². The summed E-state index contributed by atoms with van der Waals surface area (Å²) in [6, 6.07) is 25.9. The van der Waals surface area contributed by atoms with Gasteiger partial charge in [-0.05, 0) is 49.1 Å². The van der Waals surface area contributed by atoms with Crippen LogP contribution in [0.25, 0.3) is 17.1 Å². The zero-order valence-corrected chi connectivity index (χ0v) is 19.9. The maximum atomic E-state index is 6.25. The minimum Gasteiger partial charge on any atom is -0.512 e. The fourth-order valence-corrected chi connectivity index (χ4v) is 2.75. The second-order valence-electron chi connectivity index (χ2n) is 6.42. The minimum absolute atomic E-state index is 0. The van der Waals surface area contributed by atoms with E-state index in [1.807, 2.05) is 102 Å². The molecule has 8 heteroatoms. The molecule has 3 aromatic heterocycles. The van der Waals surface area contributed by atoms with E-state index in [4.69, 9.17) is 11.8 Å². The molecule has 5 aromatic rings. The molecule has 0 fully saturated rings. The number of aryl methyl sites for hydroxylation is 2. The van der Waals surface area contributed by atoms with Crippen LogP contribution in [0.1, 0.15) is 11.4 Å². The first-order valence-corrected chi connectivity index (χ1v) is 9.46. The number of para-hydroxylation sites is 1. The number of nitrogens with zero attached hydrogens (tertiary/aromatic N) is 7. The van der Waals surface area contributed by atoms with E-state index in [0.29, 0.717) is 0 Å². The van der Waals surface area contributed by atoms with Gasteiger partial charge in [0.25, 0.3) is 0 Å². The van der Waals surface area contributed by atoms with E-state index in [1.165, 1.54) is 0 Å². The van der Waals surface area contributed by atoms with Crippen LogP contribution < -0.4 is 0 Å². The summed E-state index contributed by atoms with van der Waals surface area (Å²) >= 11 is 0. The molecule has 0 unspecified atom stereocenters. The van der Waals surface area contributed by atoms with Gasteiger partial charge >= 0.3 is 20.1 Å². The summed E-state index contributed by atoms with van der Waals surface area (Å²) < 4.78 is 5.41. The molecule has 32 heavy (non-hydrogen) atoms. The van der Waals surface area contributed by atoms with Gasteiger partial charge in [0.1, 0.15) is 0 Å². The van der Waals surface area contributed by atoms with Crippen molar-refractivity contribution in [2.24, 2.45) is 0 Å². The molecule has 0 saturated heterocycles. The monoisotopic (exact) mass is 599 g/mol. The topological polar surface area (TPSA) is 77.2 Å². The molecule has 0 saturated carbocycles. The van der Waals surface area contributed by atoms with Crippen molar-refractivity contribution in [2.45, 2.75) is 13.8 Å². The van der Waals surface area contributed by atoms with Gasteiger partial charge in [-0.15, -0.1) is 24.3 Å².